The minimum absolute atomic E-state index is 0.189. The summed E-state index contributed by atoms with van der Waals surface area (Å²) in [6.45, 7) is 4.19. The third kappa shape index (κ3) is 2.67. The van der Waals surface area contributed by atoms with Gasteiger partial charge in [0.2, 0.25) is 0 Å². The highest BCUT2D eigenvalue weighted by atomic mass is 16.1. The van der Waals surface area contributed by atoms with Gasteiger partial charge in [0.15, 0.2) is 5.78 Å². The van der Waals surface area contributed by atoms with E-state index in [2.05, 4.69) is 56.3 Å². The zero-order valence-corrected chi connectivity index (χ0v) is 14.1. The zero-order valence-electron chi connectivity index (χ0n) is 14.1. The van der Waals surface area contributed by atoms with Gasteiger partial charge in [0, 0.05) is 12.0 Å². The van der Waals surface area contributed by atoms with Crippen molar-refractivity contribution in [3.8, 4) is 11.1 Å². The van der Waals surface area contributed by atoms with Gasteiger partial charge in [-0.15, -0.1) is 0 Å². The molecule has 0 spiro atoms. The maximum atomic E-state index is 12.6. The van der Waals surface area contributed by atoms with Gasteiger partial charge >= 0.3 is 0 Å². The van der Waals surface area contributed by atoms with Crippen molar-refractivity contribution in [2.24, 2.45) is 0 Å². The molecule has 24 heavy (non-hydrogen) atoms. The molecule has 0 N–H and O–H groups in total. The minimum atomic E-state index is 0.189. The molecule has 0 aromatic heterocycles. The lowest BCUT2D eigenvalue weighted by atomic mass is 9.98. The van der Waals surface area contributed by atoms with Crippen molar-refractivity contribution in [2.45, 2.75) is 26.7 Å². The second kappa shape index (κ2) is 5.76. The Kier molecular flexibility index (Phi) is 3.57. The van der Waals surface area contributed by atoms with Crippen molar-refractivity contribution in [3.63, 3.8) is 0 Å². The zero-order chi connectivity index (χ0) is 16.7. The summed E-state index contributed by atoms with van der Waals surface area (Å²) in [5, 5.41) is 0. The van der Waals surface area contributed by atoms with Crippen LogP contribution in [0.3, 0.4) is 0 Å². The molecular formula is C23H20O. The predicted molar refractivity (Wildman–Crippen MR) is 98.6 cm³/mol. The highest BCUT2D eigenvalue weighted by Gasteiger charge is 2.19. The Balaban J connectivity index is 1.60. The van der Waals surface area contributed by atoms with Crippen LogP contribution in [-0.2, 0) is 12.8 Å². The van der Waals surface area contributed by atoms with Crippen LogP contribution < -0.4 is 0 Å². The van der Waals surface area contributed by atoms with Gasteiger partial charge in [-0.05, 0) is 54.2 Å². The molecule has 0 saturated carbocycles. The Morgan fingerprint density at radius 2 is 1.42 bits per heavy atom. The third-order valence-corrected chi connectivity index (χ3v) is 4.84. The van der Waals surface area contributed by atoms with Gasteiger partial charge in [-0.2, -0.15) is 0 Å². The molecule has 0 saturated heterocycles. The van der Waals surface area contributed by atoms with E-state index in [0.717, 1.165) is 17.5 Å². The molecule has 0 amide bonds. The van der Waals surface area contributed by atoms with Crippen molar-refractivity contribution in [1.29, 1.82) is 0 Å². The van der Waals surface area contributed by atoms with E-state index in [-0.39, 0.29) is 5.78 Å². The molecule has 4 rings (SSSR count). The molecule has 118 valence electrons. The Labute approximate surface area is 143 Å². The van der Waals surface area contributed by atoms with E-state index in [4.69, 9.17) is 0 Å². The van der Waals surface area contributed by atoms with Crippen LogP contribution in [0.1, 0.15) is 38.2 Å². The molecule has 0 bridgehead atoms. The highest BCUT2D eigenvalue weighted by Crippen LogP contribution is 2.37. The molecule has 1 heteroatoms. The van der Waals surface area contributed by atoms with Crippen molar-refractivity contribution < 1.29 is 4.79 Å². The average molecular weight is 312 g/mol. The lowest BCUT2D eigenvalue weighted by Crippen LogP contribution is -2.04. The molecule has 1 nitrogen and oxygen atoms in total. The smallest absolute Gasteiger partial charge is 0.167 e. The van der Waals surface area contributed by atoms with Gasteiger partial charge < -0.3 is 0 Å². The SMILES string of the molecule is Cc1ccc(CC(=O)c2ccc3c(c2)Cc2cc(C)ccc2-3)cc1. The molecule has 3 aromatic rings. The van der Waals surface area contributed by atoms with Crippen molar-refractivity contribution in [1.82, 2.24) is 0 Å². The molecule has 0 aliphatic heterocycles. The van der Waals surface area contributed by atoms with Crippen molar-refractivity contribution in [2.75, 3.05) is 0 Å². The summed E-state index contributed by atoms with van der Waals surface area (Å²) in [6, 6.07) is 21.0. The van der Waals surface area contributed by atoms with E-state index in [9.17, 15) is 4.79 Å². The van der Waals surface area contributed by atoms with Crippen LogP contribution in [0.15, 0.2) is 60.7 Å². The van der Waals surface area contributed by atoms with Crippen LogP contribution in [-0.4, -0.2) is 5.78 Å². The Hall–Kier alpha value is -2.67. The molecule has 0 fully saturated rings. The van der Waals surface area contributed by atoms with Crippen molar-refractivity contribution in [3.05, 3.63) is 94.0 Å². The van der Waals surface area contributed by atoms with Crippen molar-refractivity contribution >= 4 is 5.78 Å². The number of benzene rings is 3. The van der Waals surface area contributed by atoms with E-state index in [1.54, 1.807) is 0 Å². The monoisotopic (exact) mass is 312 g/mol. The molecule has 1 aliphatic rings. The fraction of sp³-hybridized carbons (Fsp3) is 0.174. The normalized spacial score (nSPS) is 11.9. The highest BCUT2D eigenvalue weighted by molar-refractivity contribution is 5.98. The van der Waals surface area contributed by atoms with Gasteiger partial charge in [0.25, 0.3) is 0 Å². The van der Waals surface area contributed by atoms with Gasteiger partial charge in [-0.1, -0.05) is 65.7 Å². The second-order valence-electron chi connectivity index (χ2n) is 6.79. The summed E-state index contributed by atoms with van der Waals surface area (Å²) in [4.78, 5) is 12.6. The summed E-state index contributed by atoms with van der Waals surface area (Å²) in [5.74, 6) is 0.189. The fourth-order valence-corrected chi connectivity index (χ4v) is 3.51. The van der Waals surface area contributed by atoms with Crippen LogP contribution >= 0.6 is 0 Å². The summed E-state index contributed by atoms with van der Waals surface area (Å²) in [6.07, 6.45) is 1.39. The van der Waals surface area contributed by atoms with E-state index >= 15 is 0 Å². The standard InChI is InChI=1S/C23H20O/c1-15-3-6-17(7-4-15)12-23(24)18-8-10-22-20(13-18)14-19-11-16(2)5-9-21(19)22/h3-11,13H,12,14H2,1-2H3. The molecular weight excluding hydrogens is 292 g/mol. The first-order chi connectivity index (χ1) is 11.6. The Morgan fingerprint density at radius 3 is 2.17 bits per heavy atom. The first-order valence-electron chi connectivity index (χ1n) is 8.42. The predicted octanol–water partition coefficient (Wildman–Crippen LogP) is 5.30. The topological polar surface area (TPSA) is 17.1 Å². The van der Waals surface area contributed by atoms with Crippen LogP contribution in [0.4, 0.5) is 0 Å². The van der Waals surface area contributed by atoms with Crippen LogP contribution in [0, 0.1) is 13.8 Å². The van der Waals surface area contributed by atoms with E-state index in [1.165, 1.54) is 33.4 Å². The fourth-order valence-electron chi connectivity index (χ4n) is 3.51. The molecule has 0 heterocycles. The summed E-state index contributed by atoms with van der Waals surface area (Å²) >= 11 is 0. The molecule has 3 aromatic carbocycles. The van der Waals surface area contributed by atoms with Crippen LogP contribution in [0.25, 0.3) is 11.1 Å². The number of rotatable bonds is 3. The van der Waals surface area contributed by atoms with Crippen LogP contribution in [0.2, 0.25) is 0 Å². The number of fused-ring (bicyclic) bond motifs is 3. The number of carbonyl (C=O) groups is 1. The number of aryl methyl sites for hydroxylation is 2. The lowest BCUT2D eigenvalue weighted by Gasteiger charge is -2.06. The third-order valence-electron chi connectivity index (χ3n) is 4.84. The molecule has 1 aliphatic carbocycles. The number of carbonyl (C=O) groups excluding carboxylic acids is 1. The van der Waals surface area contributed by atoms with Gasteiger partial charge in [0.05, 0.1) is 0 Å². The molecule has 0 atom stereocenters. The van der Waals surface area contributed by atoms with Gasteiger partial charge in [-0.25, -0.2) is 0 Å². The number of hydrogen-bond donors (Lipinski definition) is 0. The quantitative estimate of drug-likeness (QED) is 0.469. The maximum absolute atomic E-state index is 12.6. The number of hydrogen-bond acceptors (Lipinski definition) is 1. The number of Topliss-reactive ketones (excluding diaryl/α,β-unsaturated/α-hetero) is 1. The Bertz CT molecular complexity index is 933. The first-order valence-corrected chi connectivity index (χ1v) is 8.42. The van der Waals surface area contributed by atoms with Gasteiger partial charge in [-0.3, -0.25) is 4.79 Å². The van der Waals surface area contributed by atoms with E-state index < -0.39 is 0 Å². The largest absolute Gasteiger partial charge is 0.294 e. The minimum Gasteiger partial charge on any atom is -0.294 e. The second-order valence-corrected chi connectivity index (χ2v) is 6.79. The number of ketones is 1. The van der Waals surface area contributed by atoms with E-state index in [1.807, 2.05) is 18.2 Å². The summed E-state index contributed by atoms with van der Waals surface area (Å²) < 4.78 is 0. The molecule has 0 radical (unpaired) electrons. The van der Waals surface area contributed by atoms with E-state index in [0.29, 0.717) is 6.42 Å². The molecule has 0 unspecified atom stereocenters. The maximum Gasteiger partial charge on any atom is 0.167 e. The summed E-state index contributed by atoms with van der Waals surface area (Å²) in [5.41, 5.74) is 9.63. The Morgan fingerprint density at radius 1 is 0.792 bits per heavy atom. The average Bonchev–Trinajstić information content (AvgIpc) is 2.93. The van der Waals surface area contributed by atoms with Crippen LogP contribution in [0.5, 0.6) is 0 Å². The first kappa shape index (κ1) is 14.9. The van der Waals surface area contributed by atoms with Gasteiger partial charge in [0.1, 0.15) is 0 Å². The summed E-state index contributed by atoms with van der Waals surface area (Å²) in [7, 11) is 0. The lowest BCUT2D eigenvalue weighted by molar-refractivity contribution is 0.0993.